The van der Waals surface area contributed by atoms with E-state index in [2.05, 4.69) is 15.2 Å². The number of nitrogens with zero attached hydrogens (tertiary/aromatic N) is 3. The molecule has 2 aromatic carbocycles. The molecule has 0 spiro atoms. The smallest absolute Gasteiger partial charge is 0.416 e. The summed E-state index contributed by atoms with van der Waals surface area (Å²) in [5.41, 5.74) is -1.13. The Morgan fingerprint density at radius 2 is 1.86 bits per heavy atom. The first kappa shape index (κ1) is 20.5. The summed E-state index contributed by atoms with van der Waals surface area (Å²) < 4.78 is 49.5. The average Bonchev–Trinajstić information content (AvgIpc) is 2.67. The number of hydrogen-bond acceptors (Lipinski definition) is 6. The van der Waals surface area contributed by atoms with Crippen LogP contribution in [0.15, 0.2) is 48.5 Å². The molecule has 0 amide bonds. The molecule has 0 aliphatic rings. The molecule has 3 rings (SSSR count). The Bertz CT molecular complexity index is 1040. The van der Waals surface area contributed by atoms with Crippen LogP contribution in [0, 0.1) is 0 Å². The van der Waals surface area contributed by atoms with Gasteiger partial charge in [0.2, 0.25) is 5.69 Å². The molecule has 0 N–H and O–H groups in total. The van der Waals surface area contributed by atoms with Crippen LogP contribution in [0.5, 0.6) is 11.6 Å². The second-order valence-corrected chi connectivity index (χ2v) is 6.08. The van der Waals surface area contributed by atoms with Crippen LogP contribution in [0.2, 0.25) is 5.02 Å². The van der Waals surface area contributed by atoms with Crippen LogP contribution in [0.3, 0.4) is 0 Å². The lowest BCUT2D eigenvalue weighted by atomic mass is 10.1. The molecule has 0 unspecified atom stereocenters. The van der Waals surface area contributed by atoms with E-state index in [1.165, 1.54) is 18.2 Å². The van der Waals surface area contributed by atoms with E-state index in [1.54, 1.807) is 25.1 Å². The highest BCUT2D eigenvalue weighted by molar-refractivity contribution is 6.30. The van der Waals surface area contributed by atoms with Gasteiger partial charge in [-0.15, -0.1) is 10.2 Å². The first-order chi connectivity index (χ1) is 13.8. The molecule has 0 atom stereocenters. The molecule has 0 aliphatic carbocycles. The van der Waals surface area contributed by atoms with E-state index in [-0.39, 0.29) is 35.3 Å². The highest BCUT2D eigenvalue weighted by atomic mass is 35.5. The summed E-state index contributed by atoms with van der Waals surface area (Å²) in [7, 11) is 0. The summed E-state index contributed by atoms with van der Waals surface area (Å²) in [6.45, 7) is 1.68. The molecule has 29 heavy (non-hydrogen) atoms. The second kappa shape index (κ2) is 8.44. The Kier molecular flexibility index (Phi) is 5.97. The van der Waals surface area contributed by atoms with E-state index in [1.807, 2.05) is 0 Å². The standard InChI is InChI=1S/C19H13ClF3N3O3/c1-2-28-18(27)15-17(29-14-8-4-7-13(20)10-14)24-16(26-25-15)11-5-3-6-12(9-11)19(21,22)23/h3-10H,2H2,1H3. The zero-order valence-electron chi connectivity index (χ0n) is 14.9. The molecular formula is C19H13ClF3N3O3. The summed E-state index contributed by atoms with van der Waals surface area (Å²) in [5, 5.41) is 7.89. The fraction of sp³-hybridized carbons (Fsp3) is 0.158. The van der Waals surface area contributed by atoms with Gasteiger partial charge in [-0.3, -0.25) is 0 Å². The molecular weight excluding hydrogens is 411 g/mol. The fourth-order valence-corrected chi connectivity index (χ4v) is 2.49. The van der Waals surface area contributed by atoms with Gasteiger partial charge in [-0.25, -0.2) is 4.79 Å². The minimum atomic E-state index is -4.53. The first-order valence-corrected chi connectivity index (χ1v) is 8.68. The van der Waals surface area contributed by atoms with Crippen LogP contribution in [0.4, 0.5) is 13.2 Å². The van der Waals surface area contributed by atoms with Crippen molar-refractivity contribution >= 4 is 17.6 Å². The number of aromatic nitrogens is 3. The first-order valence-electron chi connectivity index (χ1n) is 8.31. The number of benzene rings is 2. The van der Waals surface area contributed by atoms with E-state index in [4.69, 9.17) is 21.1 Å². The maximum atomic E-state index is 13.0. The molecule has 10 heteroatoms. The minimum Gasteiger partial charge on any atom is -0.461 e. The monoisotopic (exact) mass is 423 g/mol. The molecule has 0 saturated heterocycles. The van der Waals surface area contributed by atoms with Crippen LogP contribution < -0.4 is 4.74 Å². The van der Waals surface area contributed by atoms with Crippen LogP contribution in [0.25, 0.3) is 11.4 Å². The van der Waals surface area contributed by atoms with Crippen molar-refractivity contribution in [2.24, 2.45) is 0 Å². The zero-order valence-corrected chi connectivity index (χ0v) is 15.7. The van der Waals surface area contributed by atoms with E-state index in [9.17, 15) is 18.0 Å². The number of hydrogen-bond donors (Lipinski definition) is 0. The van der Waals surface area contributed by atoms with Crippen LogP contribution in [-0.2, 0) is 10.9 Å². The largest absolute Gasteiger partial charge is 0.461 e. The molecule has 3 aromatic rings. The molecule has 1 aromatic heterocycles. The Labute approximate surface area is 168 Å². The van der Waals surface area contributed by atoms with Gasteiger partial charge in [0.05, 0.1) is 12.2 Å². The molecule has 0 radical (unpaired) electrons. The Morgan fingerprint density at radius 3 is 2.55 bits per heavy atom. The maximum absolute atomic E-state index is 13.0. The van der Waals surface area contributed by atoms with Crippen molar-refractivity contribution < 1.29 is 27.4 Å². The minimum absolute atomic E-state index is 0.0543. The third-order valence-electron chi connectivity index (χ3n) is 3.58. The molecule has 150 valence electrons. The Hall–Kier alpha value is -3.20. The molecule has 0 fully saturated rings. The lowest BCUT2D eigenvalue weighted by Gasteiger charge is -2.11. The van der Waals surface area contributed by atoms with E-state index in [0.29, 0.717) is 5.02 Å². The van der Waals surface area contributed by atoms with Gasteiger partial charge in [-0.2, -0.15) is 18.2 Å². The van der Waals surface area contributed by atoms with Gasteiger partial charge < -0.3 is 9.47 Å². The van der Waals surface area contributed by atoms with Crippen LogP contribution in [-0.4, -0.2) is 27.8 Å². The van der Waals surface area contributed by atoms with Gasteiger partial charge in [0.1, 0.15) is 5.75 Å². The Morgan fingerprint density at radius 1 is 1.10 bits per heavy atom. The van der Waals surface area contributed by atoms with Crippen molar-refractivity contribution in [2.45, 2.75) is 13.1 Å². The van der Waals surface area contributed by atoms with Gasteiger partial charge in [-0.1, -0.05) is 29.8 Å². The third kappa shape index (κ3) is 5.00. The number of ether oxygens (including phenoxy) is 2. The van der Waals surface area contributed by atoms with Crippen molar-refractivity contribution in [2.75, 3.05) is 6.61 Å². The van der Waals surface area contributed by atoms with Crippen LogP contribution in [0.1, 0.15) is 23.0 Å². The summed E-state index contributed by atoms with van der Waals surface area (Å²) in [6.07, 6.45) is -4.53. The van der Waals surface area contributed by atoms with E-state index >= 15 is 0 Å². The van der Waals surface area contributed by atoms with Gasteiger partial charge in [-0.05, 0) is 37.3 Å². The normalized spacial score (nSPS) is 11.2. The molecule has 6 nitrogen and oxygen atoms in total. The SMILES string of the molecule is CCOC(=O)c1nnc(-c2cccc(C(F)(F)F)c2)nc1Oc1cccc(Cl)c1. The molecule has 0 bridgehead atoms. The van der Waals surface area contributed by atoms with E-state index < -0.39 is 17.7 Å². The van der Waals surface area contributed by atoms with Gasteiger partial charge >= 0.3 is 12.1 Å². The summed E-state index contributed by atoms with van der Waals surface area (Å²) in [5.74, 6) is -1.01. The van der Waals surface area contributed by atoms with Crippen molar-refractivity contribution in [1.29, 1.82) is 0 Å². The number of esters is 1. The molecule has 1 heterocycles. The van der Waals surface area contributed by atoms with Crippen LogP contribution >= 0.6 is 11.6 Å². The van der Waals surface area contributed by atoms with Crippen molar-refractivity contribution in [3.05, 3.63) is 64.8 Å². The van der Waals surface area contributed by atoms with E-state index in [0.717, 1.165) is 12.1 Å². The number of halogens is 4. The third-order valence-corrected chi connectivity index (χ3v) is 3.82. The zero-order chi connectivity index (χ0) is 21.0. The molecule has 0 saturated carbocycles. The quantitative estimate of drug-likeness (QED) is 0.526. The molecule has 0 aliphatic heterocycles. The average molecular weight is 424 g/mol. The van der Waals surface area contributed by atoms with Crippen molar-refractivity contribution in [3.63, 3.8) is 0 Å². The number of rotatable bonds is 5. The summed E-state index contributed by atoms with van der Waals surface area (Å²) in [6, 6.07) is 10.7. The second-order valence-electron chi connectivity index (χ2n) is 5.65. The lowest BCUT2D eigenvalue weighted by Crippen LogP contribution is -2.12. The predicted molar refractivity (Wildman–Crippen MR) is 97.7 cm³/mol. The number of carbonyl (C=O) groups excluding carboxylic acids is 1. The summed E-state index contributed by atoms with van der Waals surface area (Å²) in [4.78, 5) is 16.2. The number of carbonyl (C=O) groups is 1. The van der Waals surface area contributed by atoms with Crippen molar-refractivity contribution in [1.82, 2.24) is 15.2 Å². The fourth-order valence-electron chi connectivity index (χ4n) is 2.31. The summed E-state index contributed by atoms with van der Waals surface area (Å²) >= 11 is 5.92. The topological polar surface area (TPSA) is 74.2 Å². The lowest BCUT2D eigenvalue weighted by molar-refractivity contribution is -0.137. The van der Waals surface area contributed by atoms with Gasteiger partial charge in [0.15, 0.2) is 5.82 Å². The highest BCUT2D eigenvalue weighted by Crippen LogP contribution is 2.32. The number of alkyl halides is 3. The predicted octanol–water partition coefficient (Wildman–Crippen LogP) is 5.18. The van der Waals surface area contributed by atoms with Gasteiger partial charge in [0, 0.05) is 10.6 Å². The maximum Gasteiger partial charge on any atom is 0.416 e. The highest BCUT2D eigenvalue weighted by Gasteiger charge is 2.31. The van der Waals surface area contributed by atoms with Crippen molar-refractivity contribution in [3.8, 4) is 23.0 Å². The van der Waals surface area contributed by atoms with Gasteiger partial charge in [0.25, 0.3) is 5.88 Å². The Balaban J connectivity index is 2.05.